The van der Waals surface area contributed by atoms with Crippen molar-refractivity contribution in [2.75, 3.05) is 6.61 Å². The van der Waals surface area contributed by atoms with Gasteiger partial charge in [-0.25, -0.2) is 4.79 Å². The minimum absolute atomic E-state index is 0.214. The molecule has 0 N–H and O–H groups in total. The smallest absolute Gasteiger partial charge is 0.376 e. The van der Waals surface area contributed by atoms with Crippen molar-refractivity contribution in [2.24, 2.45) is 0 Å². The number of carbonyl (C=O) groups excluding carboxylic acids is 2. The fraction of sp³-hybridized carbons (Fsp3) is 0.867. The number of carbonyl (C=O) groups is 2. The molecular formula is C15H27ClO3. The van der Waals surface area contributed by atoms with Gasteiger partial charge in [-0.3, -0.25) is 4.79 Å². The summed E-state index contributed by atoms with van der Waals surface area (Å²) in [6.45, 7) is 4.10. The molecule has 0 aromatic heterocycles. The lowest BCUT2D eigenvalue weighted by molar-refractivity contribution is -0.153. The molecule has 4 heteroatoms. The number of hydrogen-bond acceptors (Lipinski definition) is 3. The molecular weight excluding hydrogens is 264 g/mol. The number of unbranched alkanes of at least 4 members (excludes halogenated alkanes) is 7. The van der Waals surface area contributed by atoms with Crippen molar-refractivity contribution in [1.82, 2.24) is 0 Å². The van der Waals surface area contributed by atoms with Gasteiger partial charge in [0.15, 0.2) is 0 Å². The monoisotopic (exact) mass is 290 g/mol. The van der Waals surface area contributed by atoms with Crippen LogP contribution in [-0.4, -0.2) is 23.7 Å². The molecule has 0 amide bonds. The van der Waals surface area contributed by atoms with Crippen molar-refractivity contribution >= 4 is 23.4 Å². The molecule has 3 nitrogen and oxygen atoms in total. The number of ether oxygens (including phenoxy) is 1. The van der Waals surface area contributed by atoms with Gasteiger partial charge in [0, 0.05) is 0 Å². The highest BCUT2D eigenvalue weighted by Gasteiger charge is 2.23. The van der Waals surface area contributed by atoms with Crippen molar-refractivity contribution in [2.45, 2.75) is 77.0 Å². The van der Waals surface area contributed by atoms with Crippen molar-refractivity contribution in [3.63, 3.8) is 0 Å². The molecule has 19 heavy (non-hydrogen) atoms. The summed E-state index contributed by atoms with van der Waals surface area (Å²) in [6.07, 6.45) is 10.2. The van der Waals surface area contributed by atoms with E-state index in [1.807, 2.05) is 0 Å². The van der Waals surface area contributed by atoms with E-state index in [9.17, 15) is 9.59 Å². The first-order chi connectivity index (χ1) is 9.13. The Bertz CT molecular complexity index is 254. The number of ketones is 1. The maximum atomic E-state index is 11.5. The van der Waals surface area contributed by atoms with E-state index >= 15 is 0 Å². The minimum Gasteiger partial charge on any atom is -0.460 e. The molecule has 0 aromatic rings. The van der Waals surface area contributed by atoms with E-state index in [0.717, 1.165) is 12.8 Å². The Labute approximate surface area is 122 Å². The number of halogens is 1. The molecule has 0 fully saturated rings. The lowest BCUT2D eigenvalue weighted by Crippen LogP contribution is -2.26. The van der Waals surface area contributed by atoms with Crippen LogP contribution in [0, 0.1) is 0 Å². The minimum atomic E-state index is -0.804. The highest BCUT2D eigenvalue weighted by molar-refractivity contribution is 6.47. The standard InChI is InChI=1S/C15H27ClO3/c1-3-5-6-7-8-9-10-11-12-13(16)14(17)15(18)19-4-2/h13H,3-12H2,1-2H3. The highest BCUT2D eigenvalue weighted by atomic mass is 35.5. The summed E-state index contributed by atoms with van der Waals surface area (Å²) >= 11 is 5.89. The second-order valence-electron chi connectivity index (χ2n) is 4.82. The third-order valence-corrected chi connectivity index (χ3v) is 3.49. The zero-order valence-corrected chi connectivity index (χ0v) is 13.0. The van der Waals surface area contributed by atoms with E-state index in [1.54, 1.807) is 6.92 Å². The predicted molar refractivity (Wildman–Crippen MR) is 78.5 cm³/mol. The van der Waals surface area contributed by atoms with Crippen molar-refractivity contribution in [3.8, 4) is 0 Å². The molecule has 0 heterocycles. The number of esters is 1. The first-order valence-electron chi connectivity index (χ1n) is 7.48. The summed E-state index contributed by atoms with van der Waals surface area (Å²) in [5, 5.41) is -0.723. The zero-order chi connectivity index (χ0) is 14.5. The van der Waals surface area contributed by atoms with Crippen LogP contribution in [-0.2, 0) is 14.3 Å². The van der Waals surface area contributed by atoms with Gasteiger partial charge in [0.25, 0.3) is 5.78 Å². The van der Waals surface area contributed by atoms with Crippen LogP contribution >= 0.6 is 11.6 Å². The first-order valence-corrected chi connectivity index (χ1v) is 7.92. The molecule has 0 aliphatic rings. The second-order valence-corrected chi connectivity index (χ2v) is 5.34. The van der Waals surface area contributed by atoms with Crippen LogP contribution in [0.3, 0.4) is 0 Å². The largest absolute Gasteiger partial charge is 0.460 e. The number of rotatable bonds is 12. The SMILES string of the molecule is CCCCCCCCCCC(Cl)C(=O)C(=O)OCC. The molecule has 1 unspecified atom stereocenters. The fourth-order valence-corrected chi connectivity index (χ4v) is 2.16. The Kier molecular flexibility index (Phi) is 12.1. The van der Waals surface area contributed by atoms with Gasteiger partial charge >= 0.3 is 5.97 Å². The molecule has 0 aliphatic carbocycles. The van der Waals surface area contributed by atoms with Gasteiger partial charge in [-0.15, -0.1) is 11.6 Å². The fourth-order valence-electron chi connectivity index (χ4n) is 1.92. The van der Waals surface area contributed by atoms with E-state index in [-0.39, 0.29) is 6.61 Å². The Morgan fingerprint density at radius 2 is 1.47 bits per heavy atom. The lowest BCUT2D eigenvalue weighted by atomic mass is 10.1. The summed E-state index contributed by atoms with van der Waals surface area (Å²) in [4.78, 5) is 22.6. The van der Waals surface area contributed by atoms with Crippen LogP contribution in [0.4, 0.5) is 0 Å². The van der Waals surface area contributed by atoms with Crippen LogP contribution in [0.5, 0.6) is 0 Å². The Balaban J connectivity index is 3.50. The van der Waals surface area contributed by atoms with Crippen LogP contribution in [0.1, 0.15) is 71.6 Å². The Morgan fingerprint density at radius 1 is 0.947 bits per heavy atom. The van der Waals surface area contributed by atoms with Gasteiger partial charge in [-0.2, -0.15) is 0 Å². The topological polar surface area (TPSA) is 43.4 Å². The molecule has 1 atom stereocenters. The average Bonchev–Trinajstić information content (AvgIpc) is 2.41. The van der Waals surface area contributed by atoms with Gasteiger partial charge in [0.05, 0.1) is 6.61 Å². The van der Waals surface area contributed by atoms with Crippen LogP contribution in [0.2, 0.25) is 0 Å². The lowest BCUT2D eigenvalue weighted by Gasteiger charge is -2.07. The molecule has 0 bridgehead atoms. The molecule has 0 saturated heterocycles. The molecule has 0 radical (unpaired) electrons. The summed E-state index contributed by atoms with van der Waals surface area (Å²) in [6, 6.07) is 0. The highest BCUT2D eigenvalue weighted by Crippen LogP contribution is 2.14. The average molecular weight is 291 g/mol. The molecule has 112 valence electrons. The quantitative estimate of drug-likeness (QED) is 0.233. The van der Waals surface area contributed by atoms with Crippen molar-refractivity contribution < 1.29 is 14.3 Å². The van der Waals surface area contributed by atoms with Gasteiger partial charge in [-0.05, 0) is 13.3 Å². The molecule has 0 saturated carbocycles. The normalized spacial score (nSPS) is 12.2. The van der Waals surface area contributed by atoms with E-state index in [4.69, 9.17) is 11.6 Å². The molecule has 0 rings (SSSR count). The third kappa shape index (κ3) is 9.94. The summed E-state index contributed by atoms with van der Waals surface area (Å²) in [5.74, 6) is -1.41. The maximum Gasteiger partial charge on any atom is 0.376 e. The third-order valence-electron chi connectivity index (χ3n) is 3.07. The van der Waals surface area contributed by atoms with E-state index < -0.39 is 17.1 Å². The van der Waals surface area contributed by atoms with Gasteiger partial charge < -0.3 is 4.74 Å². The Hall–Kier alpha value is -0.570. The molecule has 0 aliphatic heterocycles. The number of hydrogen-bond donors (Lipinski definition) is 0. The zero-order valence-electron chi connectivity index (χ0n) is 12.3. The summed E-state index contributed by atoms with van der Waals surface area (Å²) in [5.41, 5.74) is 0. The first kappa shape index (κ1) is 18.4. The van der Waals surface area contributed by atoms with Crippen LogP contribution < -0.4 is 0 Å². The summed E-state index contributed by atoms with van der Waals surface area (Å²) < 4.78 is 4.63. The maximum absolute atomic E-state index is 11.5. The van der Waals surface area contributed by atoms with Gasteiger partial charge in [0.2, 0.25) is 0 Å². The van der Waals surface area contributed by atoms with Crippen LogP contribution in [0.25, 0.3) is 0 Å². The number of alkyl halides is 1. The van der Waals surface area contributed by atoms with Gasteiger partial charge in [-0.1, -0.05) is 58.3 Å². The van der Waals surface area contributed by atoms with E-state index in [2.05, 4.69) is 11.7 Å². The number of Topliss-reactive ketones (excluding diaryl/α,β-unsaturated/α-hetero) is 1. The van der Waals surface area contributed by atoms with Crippen molar-refractivity contribution in [3.05, 3.63) is 0 Å². The second kappa shape index (κ2) is 12.5. The van der Waals surface area contributed by atoms with Crippen molar-refractivity contribution in [1.29, 1.82) is 0 Å². The summed E-state index contributed by atoms with van der Waals surface area (Å²) in [7, 11) is 0. The Morgan fingerprint density at radius 3 is 2.00 bits per heavy atom. The van der Waals surface area contributed by atoms with E-state index in [1.165, 1.54) is 38.5 Å². The predicted octanol–water partition coefficient (Wildman–Crippen LogP) is 4.26. The van der Waals surface area contributed by atoms with Gasteiger partial charge in [0.1, 0.15) is 5.38 Å². The molecule has 0 aromatic carbocycles. The molecule has 0 spiro atoms. The van der Waals surface area contributed by atoms with Crippen LogP contribution in [0.15, 0.2) is 0 Å². The van der Waals surface area contributed by atoms with E-state index in [0.29, 0.717) is 6.42 Å².